The van der Waals surface area contributed by atoms with Gasteiger partial charge in [0.1, 0.15) is 18.5 Å². The lowest BCUT2D eigenvalue weighted by molar-refractivity contribution is -0.0339. The van der Waals surface area contributed by atoms with Crippen LogP contribution in [0.2, 0.25) is 0 Å². The smallest absolute Gasteiger partial charge is 0.106 e. The Labute approximate surface area is 139 Å². The van der Waals surface area contributed by atoms with E-state index in [4.69, 9.17) is 0 Å². The van der Waals surface area contributed by atoms with Gasteiger partial charge in [-0.3, -0.25) is 0 Å². The summed E-state index contributed by atoms with van der Waals surface area (Å²) in [6.45, 7) is 4.20. The highest BCUT2D eigenvalue weighted by Gasteiger charge is 2.46. The minimum Gasteiger partial charge on any atom is -0.247 e. The molecule has 0 aliphatic heterocycles. The summed E-state index contributed by atoms with van der Waals surface area (Å²) in [6, 6.07) is 0. The lowest BCUT2D eigenvalue weighted by Crippen LogP contribution is -2.44. The van der Waals surface area contributed by atoms with Crippen molar-refractivity contribution in [3.63, 3.8) is 0 Å². The van der Waals surface area contributed by atoms with E-state index in [9.17, 15) is 13.2 Å². The van der Waals surface area contributed by atoms with E-state index in [1.165, 1.54) is 12.8 Å². The van der Waals surface area contributed by atoms with Crippen LogP contribution in [0.5, 0.6) is 0 Å². The van der Waals surface area contributed by atoms with E-state index in [1.54, 1.807) is 0 Å². The van der Waals surface area contributed by atoms with Gasteiger partial charge in [0, 0.05) is 5.92 Å². The summed E-state index contributed by atoms with van der Waals surface area (Å²) in [4.78, 5) is 0. The molecule has 23 heavy (non-hydrogen) atoms. The van der Waals surface area contributed by atoms with Crippen molar-refractivity contribution in [1.82, 2.24) is 0 Å². The van der Waals surface area contributed by atoms with Crippen LogP contribution in [-0.2, 0) is 0 Å². The quantitative estimate of drug-likeness (QED) is 0.558. The van der Waals surface area contributed by atoms with Crippen molar-refractivity contribution in [2.45, 2.75) is 90.1 Å². The zero-order valence-corrected chi connectivity index (χ0v) is 14.7. The van der Waals surface area contributed by atoms with E-state index in [0.29, 0.717) is 25.2 Å². The molecule has 5 atom stereocenters. The molecule has 0 saturated heterocycles. The Bertz CT molecular complexity index is 365. The fraction of sp³-hybridized carbons (Fsp3) is 1.00. The van der Waals surface area contributed by atoms with E-state index < -0.39 is 24.4 Å². The molecule has 0 amide bonds. The second-order valence-electron chi connectivity index (χ2n) is 8.93. The van der Waals surface area contributed by atoms with Gasteiger partial charge in [0.2, 0.25) is 0 Å². The first-order chi connectivity index (χ1) is 11.0. The van der Waals surface area contributed by atoms with Gasteiger partial charge in [0.05, 0.1) is 0 Å². The summed E-state index contributed by atoms with van der Waals surface area (Å²) in [7, 11) is 0. The molecule has 0 aromatic rings. The fourth-order valence-electron chi connectivity index (χ4n) is 5.60. The maximum atomic E-state index is 14.8. The van der Waals surface area contributed by atoms with Crippen molar-refractivity contribution in [1.29, 1.82) is 0 Å². The Hall–Kier alpha value is -0.210. The summed E-state index contributed by atoms with van der Waals surface area (Å²) < 4.78 is 43.6. The van der Waals surface area contributed by atoms with Crippen LogP contribution in [0.25, 0.3) is 0 Å². The maximum absolute atomic E-state index is 14.8. The fourth-order valence-corrected chi connectivity index (χ4v) is 5.60. The second-order valence-corrected chi connectivity index (χ2v) is 8.93. The highest BCUT2D eigenvalue weighted by molar-refractivity contribution is 4.95. The molecule has 3 aliphatic carbocycles. The van der Waals surface area contributed by atoms with Crippen LogP contribution < -0.4 is 0 Å². The Kier molecular flexibility index (Phi) is 5.63. The number of rotatable bonds is 2. The maximum Gasteiger partial charge on any atom is 0.106 e. The zero-order chi connectivity index (χ0) is 16.6. The van der Waals surface area contributed by atoms with Crippen molar-refractivity contribution in [2.75, 3.05) is 0 Å². The van der Waals surface area contributed by atoms with E-state index in [-0.39, 0.29) is 17.8 Å². The molecule has 0 heterocycles. The highest BCUT2D eigenvalue weighted by Crippen LogP contribution is 2.48. The summed E-state index contributed by atoms with van der Waals surface area (Å²) in [5.41, 5.74) is 0. The summed E-state index contributed by atoms with van der Waals surface area (Å²) in [5.74, 6) is 0.938. The van der Waals surface area contributed by atoms with Gasteiger partial charge in [0.25, 0.3) is 0 Å². The van der Waals surface area contributed by atoms with Crippen molar-refractivity contribution in [3.05, 3.63) is 0 Å². The molecule has 134 valence electrons. The van der Waals surface area contributed by atoms with Crippen molar-refractivity contribution >= 4 is 0 Å². The Morgan fingerprint density at radius 3 is 1.65 bits per heavy atom. The molecule has 0 radical (unpaired) electrons. The lowest BCUT2D eigenvalue weighted by atomic mass is 9.63. The molecule has 3 rings (SSSR count). The second kappa shape index (κ2) is 7.35. The molecule has 0 bridgehead atoms. The van der Waals surface area contributed by atoms with Gasteiger partial charge < -0.3 is 0 Å². The van der Waals surface area contributed by atoms with E-state index in [0.717, 1.165) is 31.6 Å². The van der Waals surface area contributed by atoms with Crippen LogP contribution in [0.3, 0.4) is 0 Å². The van der Waals surface area contributed by atoms with Gasteiger partial charge in [-0.15, -0.1) is 0 Å². The Morgan fingerprint density at radius 2 is 1.09 bits per heavy atom. The molecular formula is C20H33F3. The van der Waals surface area contributed by atoms with Gasteiger partial charge in [-0.1, -0.05) is 26.7 Å². The van der Waals surface area contributed by atoms with Crippen LogP contribution >= 0.6 is 0 Å². The summed E-state index contributed by atoms with van der Waals surface area (Å²) >= 11 is 0. The van der Waals surface area contributed by atoms with Crippen LogP contribution in [-0.4, -0.2) is 18.5 Å². The highest BCUT2D eigenvalue weighted by atomic mass is 19.1. The van der Waals surface area contributed by atoms with Crippen molar-refractivity contribution in [2.24, 2.45) is 35.5 Å². The minimum absolute atomic E-state index is 0.0583. The van der Waals surface area contributed by atoms with Gasteiger partial charge >= 0.3 is 0 Å². The largest absolute Gasteiger partial charge is 0.247 e. The van der Waals surface area contributed by atoms with Crippen LogP contribution in [0.1, 0.15) is 71.6 Å². The van der Waals surface area contributed by atoms with E-state index in [1.807, 2.05) is 6.92 Å². The molecular weight excluding hydrogens is 297 g/mol. The Balaban J connectivity index is 1.59. The van der Waals surface area contributed by atoms with E-state index >= 15 is 0 Å². The third-order valence-corrected chi connectivity index (χ3v) is 7.30. The normalized spacial score (nSPS) is 52.3. The van der Waals surface area contributed by atoms with Crippen LogP contribution in [0, 0.1) is 35.5 Å². The van der Waals surface area contributed by atoms with Crippen molar-refractivity contribution < 1.29 is 13.2 Å². The third-order valence-electron chi connectivity index (χ3n) is 7.30. The molecule has 0 aromatic carbocycles. The first-order valence-corrected chi connectivity index (χ1v) is 9.88. The average molecular weight is 330 g/mol. The molecule has 0 N–H and O–H groups in total. The van der Waals surface area contributed by atoms with E-state index in [2.05, 4.69) is 6.92 Å². The Morgan fingerprint density at radius 1 is 0.565 bits per heavy atom. The molecule has 0 nitrogen and oxygen atoms in total. The van der Waals surface area contributed by atoms with Crippen LogP contribution in [0.4, 0.5) is 13.2 Å². The first-order valence-electron chi connectivity index (χ1n) is 9.88. The molecule has 3 heteroatoms. The molecule has 0 aromatic heterocycles. The summed E-state index contributed by atoms with van der Waals surface area (Å²) in [5, 5.41) is 0. The predicted octanol–water partition coefficient (Wildman–Crippen LogP) is 6.29. The molecule has 3 saturated carbocycles. The topological polar surface area (TPSA) is 0 Å². The first kappa shape index (κ1) is 17.6. The van der Waals surface area contributed by atoms with Gasteiger partial charge in [0.15, 0.2) is 0 Å². The zero-order valence-electron chi connectivity index (χ0n) is 14.7. The molecule has 3 aliphatic rings. The lowest BCUT2D eigenvalue weighted by Gasteiger charge is -2.44. The standard InChI is InChI=1S/C20H33F3/c1-12-3-6-14(7-4-12)16-10-18(22)20(19(23)11-16)15-8-5-13(2)17(21)9-15/h12-20H,3-11H2,1-2H3. The SMILES string of the molecule is CC1CCC(C2CC(F)C(C3CCC(C)C(F)C3)C(F)C2)CC1. The molecule has 3 fully saturated rings. The monoisotopic (exact) mass is 330 g/mol. The number of hydrogen-bond donors (Lipinski definition) is 0. The number of hydrogen-bond acceptors (Lipinski definition) is 0. The van der Waals surface area contributed by atoms with Crippen LogP contribution in [0.15, 0.2) is 0 Å². The average Bonchev–Trinajstić information content (AvgIpc) is 2.51. The third kappa shape index (κ3) is 3.90. The van der Waals surface area contributed by atoms with Crippen molar-refractivity contribution in [3.8, 4) is 0 Å². The van der Waals surface area contributed by atoms with Gasteiger partial charge in [-0.25, -0.2) is 13.2 Å². The van der Waals surface area contributed by atoms with Gasteiger partial charge in [-0.2, -0.15) is 0 Å². The number of alkyl halides is 3. The molecule has 5 unspecified atom stereocenters. The van der Waals surface area contributed by atoms with Gasteiger partial charge in [-0.05, 0) is 74.5 Å². The molecule has 0 spiro atoms. The minimum atomic E-state index is -1.06. The number of halogens is 3. The summed E-state index contributed by atoms with van der Waals surface area (Å²) in [6.07, 6.45) is 4.72. The predicted molar refractivity (Wildman–Crippen MR) is 88.5 cm³/mol.